The lowest BCUT2D eigenvalue weighted by Crippen LogP contribution is -2.59. The molecule has 2 heterocycles. The maximum Gasteiger partial charge on any atom is 0.222 e. The van der Waals surface area contributed by atoms with E-state index in [1.165, 1.54) is 6.42 Å². The molecule has 6 atom stereocenters. The SMILES string of the molecule is NC1=Nc2ccc(Oc3ccccc3)cc2CN1[C@@H](CCC(=O)N(CCO[C@@H]1O[C@H](CO)[C@H](O)[C@H](O)[C@@H]1O)C1CCCCC1)C1CCCCC1. The number of hydrogen-bond acceptors (Lipinski definition) is 11. The number of ether oxygens (including phenoxy) is 3. The number of guanidine groups is 1. The van der Waals surface area contributed by atoms with Crippen LogP contribution in [0, 0.1) is 5.92 Å². The van der Waals surface area contributed by atoms with Crippen molar-refractivity contribution in [3.8, 4) is 11.5 Å². The molecular weight excluding hydrogens is 640 g/mol. The molecule has 3 fully saturated rings. The van der Waals surface area contributed by atoms with Crippen LogP contribution in [0.15, 0.2) is 53.5 Å². The van der Waals surface area contributed by atoms with Crippen molar-refractivity contribution in [3.05, 3.63) is 54.1 Å². The number of nitrogens with two attached hydrogens (primary N) is 1. The number of carbonyl (C=O) groups is 1. The predicted molar refractivity (Wildman–Crippen MR) is 188 cm³/mol. The summed E-state index contributed by atoms with van der Waals surface area (Å²) in [5, 5.41) is 40.3. The predicted octanol–water partition coefficient (Wildman–Crippen LogP) is 3.95. The van der Waals surface area contributed by atoms with Gasteiger partial charge >= 0.3 is 0 Å². The molecule has 0 bridgehead atoms. The second-order valence-corrected chi connectivity index (χ2v) is 14.3. The number of carbonyl (C=O) groups excluding carboxylic acids is 1. The third-order valence-electron chi connectivity index (χ3n) is 10.9. The third kappa shape index (κ3) is 8.78. The van der Waals surface area contributed by atoms with E-state index in [4.69, 9.17) is 24.9 Å². The number of para-hydroxylation sites is 1. The lowest BCUT2D eigenvalue weighted by molar-refractivity contribution is -0.301. The molecule has 0 unspecified atom stereocenters. The maximum absolute atomic E-state index is 14.1. The lowest BCUT2D eigenvalue weighted by atomic mass is 9.81. The molecule has 6 N–H and O–H groups in total. The Hall–Kier alpha value is -3.26. The van der Waals surface area contributed by atoms with Crippen LogP contribution >= 0.6 is 0 Å². The summed E-state index contributed by atoms with van der Waals surface area (Å²) < 4.78 is 17.5. The van der Waals surface area contributed by atoms with Gasteiger partial charge in [-0.1, -0.05) is 56.7 Å². The quantitative estimate of drug-likeness (QED) is 0.207. The number of benzene rings is 2. The van der Waals surface area contributed by atoms with E-state index in [-0.39, 0.29) is 24.6 Å². The van der Waals surface area contributed by atoms with Gasteiger partial charge in [-0.3, -0.25) is 4.79 Å². The summed E-state index contributed by atoms with van der Waals surface area (Å²) in [4.78, 5) is 23.1. The van der Waals surface area contributed by atoms with Crippen molar-refractivity contribution >= 4 is 17.6 Å². The monoisotopic (exact) mass is 694 g/mol. The average Bonchev–Trinajstić information content (AvgIpc) is 3.14. The minimum Gasteiger partial charge on any atom is -0.457 e. The van der Waals surface area contributed by atoms with Gasteiger partial charge in [0.05, 0.1) is 18.9 Å². The van der Waals surface area contributed by atoms with Gasteiger partial charge in [-0.25, -0.2) is 4.99 Å². The van der Waals surface area contributed by atoms with Crippen LogP contribution < -0.4 is 10.5 Å². The molecule has 2 aliphatic heterocycles. The Morgan fingerprint density at radius 3 is 2.38 bits per heavy atom. The molecule has 0 radical (unpaired) electrons. The van der Waals surface area contributed by atoms with E-state index >= 15 is 0 Å². The fourth-order valence-electron chi connectivity index (χ4n) is 8.18. The lowest BCUT2D eigenvalue weighted by Gasteiger charge is -2.42. The van der Waals surface area contributed by atoms with Crippen LogP contribution in [0.1, 0.15) is 82.6 Å². The Kier molecular flexibility index (Phi) is 12.6. The summed E-state index contributed by atoms with van der Waals surface area (Å²) >= 11 is 0. The number of nitrogens with zero attached hydrogens (tertiary/aromatic N) is 3. The molecule has 6 rings (SSSR count). The van der Waals surface area contributed by atoms with Crippen molar-refractivity contribution in [2.24, 2.45) is 16.6 Å². The van der Waals surface area contributed by atoms with Crippen LogP contribution in [0.25, 0.3) is 0 Å². The summed E-state index contributed by atoms with van der Waals surface area (Å²) in [6.45, 7) is 0.440. The Morgan fingerprint density at radius 1 is 0.940 bits per heavy atom. The first-order valence-electron chi connectivity index (χ1n) is 18.5. The molecule has 12 nitrogen and oxygen atoms in total. The van der Waals surface area contributed by atoms with Crippen LogP contribution in [0.5, 0.6) is 11.5 Å². The van der Waals surface area contributed by atoms with Gasteiger partial charge in [0, 0.05) is 37.2 Å². The Bertz CT molecular complexity index is 1410. The van der Waals surface area contributed by atoms with E-state index in [9.17, 15) is 25.2 Å². The molecule has 1 amide bonds. The summed E-state index contributed by atoms with van der Waals surface area (Å²) in [6, 6.07) is 15.7. The van der Waals surface area contributed by atoms with Gasteiger partial charge < -0.3 is 50.2 Å². The molecule has 2 aromatic carbocycles. The van der Waals surface area contributed by atoms with Gasteiger partial charge in [-0.2, -0.15) is 0 Å². The minimum absolute atomic E-state index is 0.0495. The van der Waals surface area contributed by atoms with Crippen molar-refractivity contribution in [2.75, 3.05) is 19.8 Å². The third-order valence-corrected chi connectivity index (χ3v) is 10.9. The van der Waals surface area contributed by atoms with Gasteiger partial charge in [-0.15, -0.1) is 0 Å². The molecule has 0 aromatic heterocycles. The van der Waals surface area contributed by atoms with Crippen molar-refractivity contribution in [2.45, 2.75) is 126 Å². The molecule has 12 heteroatoms. The van der Waals surface area contributed by atoms with Gasteiger partial charge in [-0.05, 0) is 68.4 Å². The summed E-state index contributed by atoms with van der Waals surface area (Å²) in [5.41, 5.74) is 8.55. The van der Waals surface area contributed by atoms with Gasteiger partial charge in [0.2, 0.25) is 5.91 Å². The molecule has 2 saturated carbocycles. The largest absolute Gasteiger partial charge is 0.457 e. The number of hydrogen-bond donors (Lipinski definition) is 5. The van der Waals surface area contributed by atoms with E-state index in [1.54, 1.807) is 0 Å². The van der Waals surface area contributed by atoms with Gasteiger partial charge in [0.15, 0.2) is 12.2 Å². The van der Waals surface area contributed by atoms with Gasteiger partial charge in [0.25, 0.3) is 0 Å². The topological polar surface area (TPSA) is 171 Å². The Balaban J connectivity index is 1.14. The molecule has 50 heavy (non-hydrogen) atoms. The second kappa shape index (κ2) is 17.3. The highest BCUT2D eigenvalue weighted by Crippen LogP contribution is 2.37. The first kappa shape index (κ1) is 36.5. The van der Waals surface area contributed by atoms with E-state index in [2.05, 4.69) is 4.90 Å². The number of aliphatic hydroxyl groups is 4. The van der Waals surface area contributed by atoms with Crippen LogP contribution in [0.2, 0.25) is 0 Å². The zero-order valence-electron chi connectivity index (χ0n) is 28.9. The number of aliphatic imine (C=N–C) groups is 1. The highest BCUT2D eigenvalue weighted by Gasteiger charge is 2.44. The highest BCUT2D eigenvalue weighted by atomic mass is 16.7. The van der Waals surface area contributed by atoms with Crippen molar-refractivity contribution in [3.63, 3.8) is 0 Å². The van der Waals surface area contributed by atoms with Crippen molar-refractivity contribution < 1.29 is 39.4 Å². The van der Waals surface area contributed by atoms with E-state index in [0.717, 1.165) is 80.5 Å². The summed E-state index contributed by atoms with van der Waals surface area (Å²) in [6.07, 6.45) is 5.11. The molecule has 2 aromatic rings. The molecular formula is C38H54N4O8. The van der Waals surface area contributed by atoms with Gasteiger partial charge in [0.1, 0.15) is 35.9 Å². The van der Waals surface area contributed by atoms with Crippen LogP contribution in [0.4, 0.5) is 5.69 Å². The Morgan fingerprint density at radius 2 is 1.66 bits per heavy atom. The number of aliphatic hydroxyl groups excluding tert-OH is 4. The molecule has 4 aliphatic rings. The molecule has 2 aliphatic carbocycles. The maximum atomic E-state index is 14.1. The fraction of sp³-hybridized carbons (Fsp3) is 0.632. The van der Waals surface area contributed by atoms with Crippen LogP contribution in [-0.4, -0.2) is 105 Å². The number of rotatable bonds is 13. The standard InChI is InChI=1S/C38H54N4O8/c39-38-40-30-17-16-29(49-28-14-8-3-9-15-28)22-26(30)23-42(38)31(25-10-4-1-5-11-25)18-19-33(44)41(27-12-6-2-7-13-27)20-21-48-37-36(47)35(46)34(45)32(24-43)50-37/h3,8-9,14-17,22,25,27,31-32,34-37,43,45-47H,1-2,4-7,10-13,18-21,23-24H2,(H2,39,40)/t31-,32+,34-,35-,36-,37+/m0/s1. The summed E-state index contributed by atoms with van der Waals surface area (Å²) in [5.74, 6) is 2.44. The number of fused-ring (bicyclic) bond motifs is 1. The first-order valence-corrected chi connectivity index (χ1v) is 18.5. The fourth-order valence-corrected chi connectivity index (χ4v) is 8.18. The molecule has 1 saturated heterocycles. The Labute approximate surface area is 294 Å². The normalized spacial score (nSPS) is 26.9. The van der Waals surface area contributed by atoms with Crippen LogP contribution in [0.3, 0.4) is 0 Å². The minimum atomic E-state index is -1.51. The average molecular weight is 695 g/mol. The second-order valence-electron chi connectivity index (χ2n) is 14.3. The molecule has 0 spiro atoms. The highest BCUT2D eigenvalue weighted by molar-refractivity contribution is 5.84. The summed E-state index contributed by atoms with van der Waals surface area (Å²) in [7, 11) is 0. The zero-order chi connectivity index (χ0) is 35.0. The van der Waals surface area contributed by atoms with E-state index in [0.29, 0.717) is 37.8 Å². The first-order chi connectivity index (χ1) is 24.3. The van der Waals surface area contributed by atoms with E-state index < -0.39 is 37.3 Å². The molecule has 274 valence electrons. The van der Waals surface area contributed by atoms with Crippen molar-refractivity contribution in [1.82, 2.24) is 9.80 Å². The smallest absolute Gasteiger partial charge is 0.222 e. The zero-order valence-corrected chi connectivity index (χ0v) is 28.9. The van der Waals surface area contributed by atoms with Crippen LogP contribution in [-0.2, 0) is 20.8 Å². The van der Waals surface area contributed by atoms with E-state index in [1.807, 2.05) is 53.4 Å². The number of amides is 1. The van der Waals surface area contributed by atoms with Crippen molar-refractivity contribution in [1.29, 1.82) is 0 Å².